The van der Waals surface area contributed by atoms with Gasteiger partial charge in [0.1, 0.15) is 0 Å². The summed E-state index contributed by atoms with van der Waals surface area (Å²) >= 11 is 0. The molecule has 0 radical (unpaired) electrons. The molecule has 5 heteroatoms. The van der Waals surface area contributed by atoms with Gasteiger partial charge >= 0.3 is 0 Å². The summed E-state index contributed by atoms with van der Waals surface area (Å²) in [6, 6.07) is 2.96. The fourth-order valence-electron chi connectivity index (χ4n) is 2.75. The second-order valence-electron chi connectivity index (χ2n) is 5.77. The van der Waals surface area contributed by atoms with Crippen LogP contribution in [0.5, 0.6) is 0 Å². The normalized spacial score (nSPS) is 17.7. The highest BCUT2D eigenvalue weighted by Crippen LogP contribution is 2.35. The zero-order chi connectivity index (χ0) is 14.6. The van der Waals surface area contributed by atoms with E-state index in [9.17, 15) is 14.7 Å². The van der Waals surface area contributed by atoms with E-state index in [4.69, 9.17) is 0 Å². The van der Waals surface area contributed by atoms with Gasteiger partial charge in [0.25, 0.3) is 11.5 Å². The molecule has 5 nitrogen and oxygen atoms in total. The van der Waals surface area contributed by atoms with Crippen molar-refractivity contribution in [3.05, 3.63) is 34.2 Å². The maximum atomic E-state index is 12.1. The highest BCUT2D eigenvalue weighted by atomic mass is 16.3. The Labute approximate surface area is 118 Å². The first-order valence-corrected chi connectivity index (χ1v) is 7.12. The number of hydrogen-bond acceptors (Lipinski definition) is 3. The third-order valence-electron chi connectivity index (χ3n) is 4.24. The van der Waals surface area contributed by atoms with Crippen LogP contribution in [0.25, 0.3) is 0 Å². The second-order valence-corrected chi connectivity index (χ2v) is 5.77. The summed E-state index contributed by atoms with van der Waals surface area (Å²) in [7, 11) is 1.65. The number of pyridine rings is 1. The average molecular weight is 278 g/mol. The highest BCUT2D eigenvalue weighted by molar-refractivity contribution is 5.93. The molecule has 1 fully saturated rings. The van der Waals surface area contributed by atoms with Gasteiger partial charge in [0.2, 0.25) is 0 Å². The van der Waals surface area contributed by atoms with Crippen LogP contribution in [-0.2, 0) is 7.05 Å². The topological polar surface area (TPSA) is 71.3 Å². The van der Waals surface area contributed by atoms with Gasteiger partial charge in [-0.05, 0) is 18.9 Å². The van der Waals surface area contributed by atoms with Gasteiger partial charge in [-0.25, -0.2) is 0 Å². The van der Waals surface area contributed by atoms with E-state index in [-0.39, 0.29) is 23.5 Å². The maximum absolute atomic E-state index is 12.1. The Morgan fingerprint density at radius 3 is 2.70 bits per heavy atom. The van der Waals surface area contributed by atoms with E-state index < -0.39 is 0 Å². The minimum absolute atomic E-state index is 0.101. The average Bonchev–Trinajstić information content (AvgIpc) is 2.48. The van der Waals surface area contributed by atoms with E-state index in [1.807, 2.05) is 0 Å². The Morgan fingerprint density at radius 2 is 2.10 bits per heavy atom. The molecule has 1 aliphatic carbocycles. The van der Waals surface area contributed by atoms with E-state index in [1.54, 1.807) is 19.3 Å². The van der Waals surface area contributed by atoms with Crippen LogP contribution in [-0.4, -0.2) is 28.7 Å². The van der Waals surface area contributed by atoms with Crippen LogP contribution in [0.15, 0.2) is 23.1 Å². The zero-order valence-corrected chi connectivity index (χ0v) is 11.9. The van der Waals surface area contributed by atoms with Crippen molar-refractivity contribution in [2.24, 2.45) is 12.5 Å². The van der Waals surface area contributed by atoms with Crippen molar-refractivity contribution in [3.63, 3.8) is 0 Å². The van der Waals surface area contributed by atoms with Crippen LogP contribution >= 0.6 is 0 Å². The molecule has 110 valence electrons. The third-order valence-corrected chi connectivity index (χ3v) is 4.24. The van der Waals surface area contributed by atoms with Crippen molar-refractivity contribution in [3.8, 4) is 0 Å². The Bertz CT molecular complexity index is 530. The van der Waals surface area contributed by atoms with Crippen LogP contribution in [0, 0.1) is 5.41 Å². The van der Waals surface area contributed by atoms with Crippen molar-refractivity contribution in [1.29, 1.82) is 0 Å². The van der Waals surface area contributed by atoms with Gasteiger partial charge in [-0.2, -0.15) is 0 Å². The summed E-state index contributed by atoms with van der Waals surface area (Å²) in [6.07, 6.45) is 6.87. The number of nitrogens with zero attached hydrogens (tertiary/aromatic N) is 1. The molecule has 0 aromatic carbocycles. The van der Waals surface area contributed by atoms with E-state index in [0.717, 1.165) is 25.7 Å². The lowest BCUT2D eigenvalue weighted by Crippen LogP contribution is -2.41. The molecule has 1 aromatic rings. The van der Waals surface area contributed by atoms with Crippen molar-refractivity contribution < 1.29 is 9.90 Å². The molecule has 0 bridgehead atoms. The standard InChI is InChI=1S/C15H22N2O3/c1-17-8-5-12(9-13(17)19)14(20)16-10-15(11-18)6-3-2-4-7-15/h5,8-9,18H,2-4,6-7,10-11H2,1H3,(H,16,20). The van der Waals surface area contributed by atoms with Gasteiger partial charge in [0.05, 0.1) is 6.61 Å². The van der Waals surface area contributed by atoms with Crippen molar-refractivity contribution in [2.75, 3.05) is 13.2 Å². The minimum Gasteiger partial charge on any atom is -0.396 e. The molecular weight excluding hydrogens is 256 g/mol. The van der Waals surface area contributed by atoms with Crippen LogP contribution < -0.4 is 10.9 Å². The Hall–Kier alpha value is -1.62. The molecule has 0 aliphatic heterocycles. The first-order chi connectivity index (χ1) is 9.56. The number of amides is 1. The predicted octanol–water partition coefficient (Wildman–Crippen LogP) is 1.06. The fraction of sp³-hybridized carbons (Fsp3) is 0.600. The monoisotopic (exact) mass is 278 g/mol. The van der Waals surface area contributed by atoms with Crippen molar-refractivity contribution in [2.45, 2.75) is 32.1 Å². The van der Waals surface area contributed by atoms with Crippen LogP contribution in [0.4, 0.5) is 0 Å². The summed E-state index contributed by atoms with van der Waals surface area (Å²) in [5.41, 5.74) is -0.0163. The Morgan fingerprint density at radius 1 is 1.40 bits per heavy atom. The van der Waals surface area contributed by atoms with E-state index in [2.05, 4.69) is 5.32 Å². The number of aromatic nitrogens is 1. The molecule has 0 spiro atoms. The molecule has 1 saturated carbocycles. The van der Waals surface area contributed by atoms with Crippen LogP contribution in [0.3, 0.4) is 0 Å². The summed E-state index contributed by atoms with van der Waals surface area (Å²) in [6.45, 7) is 0.571. The number of hydrogen-bond donors (Lipinski definition) is 2. The van der Waals surface area contributed by atoms with Gasteiger partial charge in [0, 0.05) is 36.8 Å². The Balaban J connectivity index is 2.00. The van der Waals surface area contributed by atoms with Crippen molar-refractivity contribution >= 4 is 5.91 Å². The first-order valence-electron chi connectivity index (χ1n) is 7.12. The number of aliphatic hydroxyl groups excluding tert-OH is 1. The summed E-state index contributed by atoms with van der Waals surface area (Å²) in [5, 5.41) is 12.5. The zero-order valence-electron chi connectivity index (χ0n) is 11.9. The molecule has 0 saturated heterocycles. The lowest BCUT2D eigenvalue weighted by molar-refractivity contribution is 0.0718. The van der Waals surface area contributed by atoms with E-state index >= 15 is 0 Å². The maximum Gasteiger partial charge on any atom is 0.251 e. The number of nitrogens with one attached hydrogen (secondary N) is 1. The summed E-state index contributed by atoms with van der Waals surface area (Å²) in [5.74, 6) is -0.249. The van der Waals surface area contributed by atoms with Gasteiger partial charge in [-0.3, -0.25) is 9.59 Å². The van der Waals surface area contributed by atoms with Crippen LogP contribution in [0.1, 0.15) is 42.5 Å². The fourth-order valence-corrected chi connectivity index (χ4v) is 2.75. The summed E-state index contributed by atoms with van der Waals surface area (Å²) in [4.78, 5) is 23.6. The molecule has 2 N–H and O–H groups in total. The molecule has 0 unspecified atom stereocenters. The first kappa shape index (κ1) is 14.8. The molecule has 0 atom stereocenters. The number of carbonyl (C=O) groups excluding carboxylic acids is 1. The number of aliphatic hydroxyl groups is 1. The van der Waals surface area contributed by atoms with E-state index in [1.165, 1.54) is 17.1 Å². The SMILES string of the molecule is Cn1ccc(C(=O)NCC2(CO)CCCCC2)cc1=O. The third kappa shape index (κ3) is 3.28. The van der Waals surface area contributed by atoms with Crippen molar-refractivity contribution in [1.82, 2.24) is 9.88 Å². The lowest BCUT2D eigenvalue weighted by Gasteiger charge is -2.35. The van der Waals surface area contributed by atoms with Gasteiger partial charge in [-0.1, -0.05) is 19.3 Å². The summed E-state index contributed by atoms with van der Waals surface area (Å²) < 4.78 is 1.42. The smallest absolute Gasteiger partial charge is 0.251 e. The Kier molecular flexibility index (Phi) is 4.60. The second kappa shape index (κ2) is 6.22. The minimum atomic E-state index is -0.249. The molecule has 2 rings (SSSR count). The van der Waals surface area contributed by atoms with Gasteiger partial charge < -0.3 is 15.0 Å². The van der Waals surface area contributed by atoms with Crippen LogP contribution in [0.2, 0.25) is 0 Å². The largest absolute Gasteiger partial charge is 0.396 e. The molecule has 1 heterocycles. The lowest BCUT2D eigenvalue weighted by atomic mass is 9.74. The van der Waals surface area contributed by atoms with Gasteiger partial charge in [-0.15, -0.1) is 0 Å². The molecular formula is C15H22N2O3. The number of aryl methyl sites for hydroxylation is 1. The highest BCUT2D eigenvalue weighted by Gasteiger charge is 2.31. The van der Waals surface area contributed by atoms with Gasteiger partial charge in [0.15, 0.2) is 0 Å². The number of rotatable bonds is 4. The predicted molar refractivity (Wildman–Crippen MR) is 76.6 cm³/mol. The molecule has 1 aromatic heterocycles. The number of carbonyl (C=O) groups is 1. The quantitative estimate of drug-likeness (QED) is 0.865. The van der Waals surface area contributed by atoms with E-state index in [0.29, 0.717) is 12.1 Å². The molecule has 20 heavy (non-hydrogen) atoms. The molecule has 1 amide bonds. The molecule has 1 aliphatic rings.